The van der Waals surface area contributed by atoms with Crippen molar-refractivity contribution >= 4 is 0 Å². The molecule has 0 aromatic heterocycles. The minimum absolute atomic E-state index is 0.211. The van der Waals surface area contributed by atoms with Crippen molar-refractivity contribution in [3.05, 3.63) is 41.2 Å². The molecule has 1 aromatic rings. The van der Waals surface area contributed by atoms with Crippen LogP contribution in [0.3, 0.4) is 0 Å². The predicted octanol–water partition coefficient (Wildman–Crippen LogP) is 9.05. The first-order valence-corrected chi connectivity index (χ1v) is 13.3. The molecule has 0 bridgehead atoms. The molecule has 1 fully saturated rings. The average Bonchev–Trinajstić information content (AvgIpc) is 2.80. The lowest BCUT2D eigenvalue weighted by Crippen LogP contribution is -2.23. The lowest BCUT2D eigenvalue weighted by Gasteiger charge is -2.35. The molecule has 1 aromatic carbocycles. The van der Waals surface area contributed by atoms with Crippen LogP contribution in [0.1, 0.15) is 109 Å². The van der Waals surface area contributed by atoms with Crippen molar-refractivity contribution in [1.29, 1.82) is 0 Å². The highest BCUT2D eigenvalue weighted by Crippen LogP contribution is 2.41. The summed E-state index contributed by atoms with van der Waals surface area (Å²) in [5.74, 6) is 3.09. The zero-order valence-electron chi connectivity index (χ0n) is 20.1. The lowest BCUT2D eigenvalue weighted by molar-refractivity contribution is 0.185. The Morgan fingerprint density at radius 3 is 2.39 bits per heavy atom. The highest BCUT2D eigenvalue weighted by molar-refractivity contribution is 5.30. The van der Waals surface area contributed by atoms with Crippen LogP contribution >= 0.6 is 0 Å². The van der Waals surface area contributed by atoms with Crippen molar-refractivity contribution in [3.8, 4) is 5.75 Å². The Balaban J connectivity index is 1.38. The van der Waals surface area contributed by atoms with Crippen molar-refractivity contribution in [3.63, 3.8) is 0 Å². The molecule has 2 aliphatic carbocycles. The van der Waals surface area contributed by atoms with Crippen LogP contribution in [0.4, 0.5) is 4.39 Å². The Hall–Kier alpha value is -1.31. The molecule has 1 saturated carbocycles. The lowest BCUT2D eigenvalue weighted by atomic mass is 9.70. The Bertz CT molecular complexity index is 671. The molecule has 0 amide bonds. The molecule has 0 saturated heterocycles. The van der Waals surface area contributed by atoms with E-state index < -0.39 is 0 Å². The summed E-state index contributed by atoms with van der Waals surface area (Å²) in [7, 11) is 0. The zero-order valence-corrected chi connectivity index (χ0v) is 20.1. The maximum Gasteiger partial charge on any atom is 0.165 e. The van der Waals surface area contributed by atoms with Crippen LogP contribution in [-0.2, 0) is 6.42 Å². The van der Waals surface area contributed by atoms with Crippen LogP contribution in [-0.4, -0.2) is 6.61 Å². The van der Waals surface area contributed by atoms with Gasteiger partial charge in [0.15, 0.2) is 11.6 Å². The summed E-state index contributed by atoms with van der Waals surface area (Å²) in [6, 6.07) is 5.52. The van der Waals surface area contributed by atoms with Crippen molar-refractivity contribution in [2.24, 2.45) is 17.8 Å². The van der Waals surface area contributed by atoms with Crippen LogP contribution in [0.15, 0.2) is 29.8 Å². The first-order valence-electron chi connectivity index (χ1n) is 13.3. The largest absolute Gasteiger partial charge is 0.491 e. The van der Waals surface area contributed by atoms with Gasteiger partial charge in [-0.2, -0.15) is 0 Å². The molecule has 0 radical (unpaired) electrons. The summed E-state index contributed by atoms with van der Waals surface area (Å²) in [5, 5.41) is 0. The number of halogens is 1. The van der Waals surface area contributed by atoms with E-state index in [9.17, 15) is 4.39 Å². The second-order valence-corrected chi connectivity index (χ2v) is 10.1. The van der Waals surface area contributed by atoms with Crippen molar-refractivity contribution in [2.75, 3.05) is 6.61 Å². The highest BCUT2D eigenvalue weighted by Gasteiger charge is 2.28. The molecular weight excluding hydrogens is 383 g/mol. The molecule has 174 valence electrons. The molecule has 0 N–H and O–H groups in total. The molecule has 0 heterocycles. The van der Waals surface area contributed by atoms with Gasteiger partial charge in [-0.25, -0.2) is 4.39 Å². The first-order chi connectivity index (χ1) is 15.2. The number of hydrogen-bond acceptors (Lipinski definition) is 1. The van der Waals surface area contributed by atoms with Crippen molar-refractivity contribution in [1.82, 2.24) is 0 Å². The van der Waals surface area contributed by atoms with E-state index in [4.69, 9.17) is 4.74 Å². The number of allylic oxidation sites excluding steroid dienone is 2. The Morgan fingerprint density at radius 1 is 0.903 bits per heavy atom. The topological polar surface area (TPSA) is 9.23 Å². The van der Waals surface area contributed by atoms with Gasteiger partial charge < -0.3 is 4.74 Å². The van der Waals surface area contributed by atoms with E-state index in [1.165, 1.54) is 70.6 Å². The van der Waals surface area contributed by atoms with Gasteiger partial charge in [-0.05, 0) is 86.8 Å². The van der Waals surface area contributed by atoms with Crippen LogP contribution in [0.2, 0.25) is 0 Å². The molecule has 1 unspecified atom stereocenters. The summed E-state index contributed by atoms with van der Waals surface area (Å²) in [6.45, 7) is 5.02. The average molecular weight is 429 g/mol. The standard InChI is InChI=1S/C29H45FO/c1-3-5-7-8-23-11-16-26(17-12-23)27-18-13-24(14-19-27)9-10-25-15-20-29(28(30)22-25)31-21-6-4-2/h13,15,20,22-23,26-27H,3-12,14,16-19,21H2,1-2H3. The third-order valence-corrected chi connectivity index (χ3v) is 7.81. The Morgan fingerprint density at radius 2 is 1.71 bits per heavy atom. The first kappa shape index (κ1) is 24.3. The maximum absolute atomic E-state index is 14.3. The number of unbranched alkanes of at least 4 members (excludes halogenated alkanes) is 3. The molecule has 1 nitrogen and oxygen atoms in total. The fourth-order valence-electron chi connectivity index (χ4n) is 5.64. The van der Waals surface area contributed by atoms with Crippen LogP contribution in [0.5, 0.6) is 5.75 Å². The summed E-state index contributed by atoms with van der Waals surface area (Å²) >= 11 is 0. The fraction of sp³-hybridized carbons (Fsp3) is 0.724. The monoisotopic (exact) mass is 428 g/mol. The molecule has 2 aliphatic rings. The predicted molar refractivity (Wildman–Crippen MR) is 130 cm³/mol. The SMILES string of the molecule is CCCCCC1CCC(C2CC=C(CCc3ccc(OCCCC)c(F)c3)CC2)CC1. The summed E-state index contributed by atoms with van der Waals surface area (Å²) in [5.41, 5.74) is 2.68. The smallest absolute Gasteiger partial charge is 0.165 e. The maximum atomic E-state index is 14.3. The molecule has 31 heavy (non-hydrogen) atoms. The second kappa shape index (κ2) is 13.3. The Labute approximate surface area is 190 Å². The van der Waals surface area contributed by atoms with Gasteiger partial charge in [-0.15, -0.1) is 0 Å². The van der Waals surface area contributed by atoms with E-state index in [0.717, 1.165) is 49.0 Å². The van der Waals surface area contributed by atoms with Gasteiger partial charge in [0.05, 0.1) is 6.61 Å². The minimum Gasteiger partial charge on any atom is -0.491 e. The fourth-order valence-corrected chi connectivity index (χ4v) is 5.64. The van der Waals surface area contributed by atoms with E-state index in [0.29, 0.717) is 12.4 Å². The van der Waals surface area contributed by atoms with Gasteiger partial charge >= 0.3 is 0 Å². The third-order valence-electron chi connectivity index (χ3n) is 7.81. The van der Waals surface area contributed by atoms with Crippen LogP contribution in [0, 0.1) is 23.6 Å². The van der Waals surface area contributed by atoms with Crippen LogP contribution in [0.25, 0.3) is 0 Å². The molecule has 1 atom stereocenters. The minimum atomic E-state index is -0.211. The quantitative estimate of drug-likeness (QED) is 0.238. The van der Waals surface area contributed by atoms with E-state index >= 15 is 0 Å². The van der Waals surface area contributed by atoms with Gasteiger partial charge in [0.2, 0.25) is 0 Å². The molecule has 3 rings (SSSR count). The molecule has 2 heteroatoms. The number of hydrogen-bond donors (Lipinski definition) is 0. The van der Waals surface area contributed by atoms with E-state index in [1.807, 2.05) is 12.1 Å². The molecule has 0 aliphatic heterocycles. The van der Waals surface area contributed by atoms with Crippen molar-refractivity contribution in [2.45, 2.75) is 110 Å². The van der Waals surface area contributed by atoms with Gasteiger partial charge in [-0.1, -0.05) is 76.5 Å². The number of rotatable bonds is 12. The zero-order chi connectivity index (χ0) is 21.9. The number of benzene rings is 1. The second-order valence-electron chi connectivity index (χ2n) is 10.1. The summed E-state index contributed by atoms with van der Waals surface area (Å²) < 4.78 is 19.8. The van der Waals surface area contributed by atoms with E-state index in [2.05, 4.69) is 19.9 Å². The number of ether oxygens (including phenoxy) is 1. The van der Waals surface area contributed by atoms with Crippen molar-refractivity contribution < 1.29 is 9.13 Å². The molecule has 0 spiro atoms. The van der Waals surface area contributed by atoms with Gasteiger partial charge in [0.25, 0.3) is 0 Å². The van der Waals surface area contributed by atoms with Crippen LogP contribution < -0.4 is 4.74 Å². The number of aryl methyl sites for hydroxylation is 1. The summed E-state index contributed by atoms with van der Waals surface area (Å²) in [4.78, 5) is 0. The van der Waals surface area contributed by atoms with E-state index in [1.54, 1.807) is 11.6 Å². The van der Waals surface area contributed by atoms with E-state index in [-0.39, 0.29) is 5.82 Å². The normalized spacial score (nSPS) is 24.1. The van der Waals surface area contributed by atoms with Gasteiger partial charge in [-0.3, -0.25) is 0 Å². The summed E-state index contributed by atoms with van der Waals surface area (Å²) in [6.07, 6.45) is 22.0. The Kier molecular flexibility index (Phi) is 10.4. The highest BCUT2D eigenvalue weighted by atomic mass is 19.1. The molecular formula is C29H45FO. The van der Waals surface area contributed by atoms with Gasteiger partial charge in [0.1, 0.15) is 0 Å². The van der Waals surface area contributed by atoms with Gasteiger partial charge in [0, 0.05) is 0 Å². The third kappa shape index (κ3) is 7.95.